The second-order valence-electron chi connectivity index (χ2n) is 7.37. The molecular weight excluding hydrogens is 279 g/mol. The zero-order valence-corrected chi connectivity index (χ0v) is 13.9. The molecule has 122 valence electrons. The lowest BCUT2D eigenvalue weighted by atomic mass is 9.91. The number of carbonyl (C=O) groups excluding carboxylic acids is 1. The predicted octanol–water partition coefficient (Wildman–Crippen LogP) is 3.30. The van der Waals surface area contributed by atoms with Crippen LogP contribution >= 0.6 is 0 Å². The number of hydrogen-bond acceptors (Lipinski definition) is 2. The molecule has 1 aromatic carbocycles. The van der Waals surface area contributed by atoms with Crippen molar-refractivity contribution in [3.05, 3.63) is 35.6 Å². The van der Waals surface area contributed by atoms with Crippen LogP contribution in [-0.2, 0) is 11.3 Å². The van der Waals surface area contributed by atoms with Crippen LogP contribution in [0.15, 0.2) is 24.3 Å². The van der Waals surface area contributed by atoms with Crippen molar-refractivity contribution in [2.75, 3.05) is 26.2 Å². The summed E-state index contributed by atoms with van der Waals surface area (Å²) in [5, 5.41) is 0. The topological polar surface area (TPSA) is 23.6 Å². The van der Waals surface area contributed by atoms with Gasteiger partial charge in [0.05, 0.1) is 0 Å². The van der Waals surface area contributed by atoms with Crippen molar-refractivity contribution in [1.29, 1.82) is 0 Å². The fourth-order valence-electron chi connectivity index (χ4n) is 2.79. The predicted molar refractivity (Wildman–Crippen MR) is 86.9 cm³/mol. The summed E-state index contributed by atoms with van der Waals surface area (Å²) >= 11 is 0. The molecule has 22 heavy (non-hydrogen) atoms. The van der Waals surface area contributed by atoms with E-state index in [4.69, 9.17) is 0 Å². The van der Waals surface area contributed by atoms with E-state index >= 15 is 0 Å². The number of hydrogen-bond donors (Lipinski definition) is 0. The van der Waals surface area contributed by atoms with Crippen molar-refractivity contribution < 1.29 is 9.18 Å². The van der Waals surface area contributed by atoms with Gasteiger partial charge in [0.25, 0.3) is 0 Å². The highest BCUT2D eigenvalue weighted by atomic mass is 19.1. The third kappa shape index (κ3) is 5.41. The van der Waals surface area contributed by atoms with Crippen molar-refractivity contribution >= 4 is 5.91 Å². The Kier molecular flexibility index (Phi) is 5.57. The average Bonchev–Trinajstić information content (AvgIpc) is 2.65. The van der Waals surface area contributed by atoms with E-state index in [9.17, 15) is 9.18 Å². The van der Waals surface area contributed by atoms with E-state index in [0.717, 1.165) is 44.7 Å². The summed E-state index contributed by atoms with van der Waals surface area (Å²) in [6, 6.07) is 6.68. The molecule has 1 aliphatic rings. The lowest BCUT2D eigenvalue weighted by molar-refractivity contribution is -0.132. The highest BCUT2D eigenvalue weighted by molar-refractivity contribution is 5.76. The second-order valence-corrected chi connectivity index (χ2v) is 7.37. The summed E-state index contributed by atoms with van der Waals surface area (Å²) in [6.45, 7) is 10.6. The van der Waals surface area contributed by atoms with Gasteiger partial charge < -0.3 is 4.90 Å². The molecule has 0 aromatic heterocycles. The Labute approximate surface area is 133 Å². The Hall–Kier alpha value is -1.42. The highest BCUT2D eigenvalue weighted by Crippen LogP contribution is 2.20. The molecule has 4 heteroatoms. The maximum Gasteiger partial charge on any atom is 0.223 e. The number of amides is 1. The van der Waals surface area contributed by atoms with E-state index in [-0.39, 0.29) is 17.1 Å². The van der Waals surface area contributed by atoms with E-state index in [1.165, 1.54) is 12.1 Å². The molecule has 0 atom stereocenters. The third-order valence-corrected chi connectivity index (χ3v) is 3.94. The van der Waals surface area contributed by atoms with Crippen LogP contribution in [0.4, 0.5) is 4.39 Å². The first kappa shape index (κ1) is 16.9. The maximum atomic E-state index is 12.9. The van der Waals surface area contributed by atoms with Crippen LogP contribution < -0.4 is 0 Å². The normalized spacial score (nSPS) is 17.4. The van der Waals surface area contributed by atoms with E-state index in [2.05, 4.69) is 25.7 Å². The van der Waals surface area contributed by atoms with Crippen molar-refractivity contribution in [2.45, 2.75) is 40.2 Å². The summed E-state index contributed by atoms with van der Waals surface area (Å²) in [4.78, 5) is 16.7. The minimum atomic E-state index is -0.196. The van der Waals surface area contributed by atoms with Gasteiger partial charge in [0.1, 0.15) is 5.82 Å². The van der Waals surface area contributed by atoms with Gasteiger partial charge in [0.15, 0.2) is 0 Å². The number of halogens is 1. The van der Waals surface area contributed by atoms with Crippen molar-refractivity contribution in [3.8, 4) is 0 Å². The van der Waals surface area contributed by atoms with Crippen LogP contribution in [0.2, 0.25) is 0 Å². The number of nitrogens with zero attached hydrogens (tertiary/aromatic N) is 2. The lowest BCUT2D eigenvalue weighted by Crippen LogP contribution is -2.36. The van der Waals surface area contributed by atoms with E-state index < -0.39 is 0 Å². The minimum absolute atomic E-state index is 0.0389. The van der Waals surface area contributed by atoms with E-state index in [1.807, 2.05) is 17.0 Å². The Morgan fingerprint density at radius 2 is 1.77 bits per heavy atom. The summed E-state index contributed by atoms with van der Waals surface area (Å²) in [5.74, 6) is 0.0645. The molecule has 3 nitrogen and oxygen atoms in total. The fourth-order valence-corrected chi connectivity index (χ4v) is 2.79. The minimum Gasteiger partial charge on any atom is -0.341 e. The van der Waals surface area contributed by atoms with E-state index in [0.29, 0.717) is 6.42 Å². The Bertz CT molecular complexity index is 493. The molecule has 1 amide bonds. The molecule has 1 saturated heterocycles. The van der Waals surface area contributed by atoms with Gasteiger partial charge in [0.2, 0.25) is 5.91 Å². The molecule has 0 saturated carbocycles. The van der Waals surface area contributed by atoms with Crippen molar-refractivity contribution in [3.63, 3.8) is 0 Å². The van der Waals surface area contributed by atoms with Crippen LogP contribution in [0.3, 0.4) is 0 Å². The monoisotopic (exact) mass is 306 g/mol. The molecule has 1 aliphatic heterocycles. The molecule has 0 unspecified atom stereocenters. The third-order valence-electron chi connectivity index (χ3n) is 3.94. The zero-order valence-electron chi connectivity index (χ0n) is 13.9. The quantitative estimate of drug-likeness (QED) is 0.855. The highest BCUT2D eigenvalue weighted by Gasteiger charge is 2.23. The Balaban J connectivity index is 1.87. The summed E-state index contributed by atoms with van der Waals surface area (Å²) in [5.41, 5.74) is 1.16. The van der Waals surface area contributed by atoms with Gasteiger partial charge in [-0.3, -0.25) is 9.69 Å². The van der Waals surface area contributed by atoms with Gasteiger partial charge in [-0.25, -0.2) is 4.39 Å². The molecule has 1 heterocycles. The molecule has 1 fully saturated rings. The van der Waals surface area contributed by atoms with E-state index in [1.54, 1.807) is 0 Å². The van der Waals surface area contributed by atoms with Gasteiger partial charge in [-0.15, -0.1) is 0 Å². The molecular formula is C18H27FN2O. The number of rotatable bonds is 3. The summed E-state index contributed by atoms with van der Waals surface area (Å²) in [7, 11) is 0. The first-order valence-corrected chi connectivity index (χ1v) is 8.08. The van der Waals surface area contributed by atoms with Crippen LogP contribution in [0.1, 0.15) is 39.2 Å². The largest absolute Gasteiger partial charge is 0.341 e. The Morgan fingerprint density at radius 3 is 2.41 bits per heavy atom. The maximum absolute atomic E-state index is 12.9. The van der Waals surface area contributed by atoms with Gasteiger partial charge in [0, 0.05) is 39.1 Å². The van der Waals surface area contributed by atoms with Crippen LogP contribution in [-0.4, -0.2) is 41.9 Å². The molecule has 2 rings (SSSR count). The lowest BCUT2D eigenvalue weighted by Gasteiger charge is -2.25. The molecule has 0 N–H and O–H groups in total. The van der Waals surface area contributed by atoms with Crippen molar-refractivity contribution in [2.24, 2.45) is 5.41 Å². The smallest absolute Gasteiger partial charge is 0.223 e. The SMILES string of the molecule is CC(C)(C)CC(=O)N1CCCN(Cc2ccc(F)cc2)CC1. The van der Waals surface area contributed by atoms with Crippen LogP contribution in [0.25, 0.3) is 0 Å². The Morgan fingerprint density at radius 1 is 1.09 bits per heavy atom. The standard InChI is InChI=1S/C18H27FN2O/c1-18(2,3)13-17(22)21-10-4-9-20(11-12-21)14-15-5-7-16(19)8-6-15/h5-8H,4,9-14H2,1-3H3. The molecule has 0 bridgehead atoms. The molecule has 1 aromatic rings. The van der Waals surface area contributed by atoms with Gasteiger partial charge in [-0.2, -0.15) is 0 Å². The number of benzene rings is 1. The van der Waals surface area contributed by atoms with Crippen molar-refractivity contribution in [1.82, 2.24) is 9.80 Å². The fraction of sp³-hybridized carbons (Fsp3) is 0.611. The van der Waals surface area contributed by atoms with Crippen LogP contribution in [0.5, 0.6) is 0 Å². The van der Waals surface area contributed by atoms with Gasteiger partial charge >= 0.3 is 0 Å². The molecule has 0 aliphatic carbocycles. The first-order valence-electron chi connectivity index (χ1n) is 8.08. The number of carbonyl (C=O) groups is 1. The summed E-state index contributed by atoms with van der Waals surface area (Å²) < 4.78 is 12.9. The average molecular weight is 306 g/mol. The zero-order chi connectivity index (χ0) is 16.2. The second kappa shape index (κ2) is 7.23. The summed E-state index contributed by atoms with van der Waals surface area (Å²) in [6.07, 6.45) is 1.60. The van der Waals surface area contributed by atoms with Gasteiger partial charge in [-0.05, 0) is 29.5 Å². The van der Waals surface area contributed by atoms with Gasteiger partial charge in [-0.1, -0.05) is 32.9 Å². The first-order chi connectivity index (χ1) is 10.3. The van der Waals surface area contributed by atoms with Crippen LogP contribution in [0, 0.1) is 11.2 Å². The molecule has 0 radical (unpaired) electrons. The molecule has 0 spiro atoms.